The number of benzene rings is 1. The third-order valence-electron chi connectivity index (χ3n) is 2.60. The van der Waals surface area contributed by atoms with E-state index in [9.17, 15) is 4.39 Å². The second-order valence-corrected chi connectivity index (χ2v) is 5.76. The summed E-state index contributed by atoms with van der Waals surface area (Å²) >= 11 is 5.09. The van der Waals surface area contributed by atoms with Crippen LogP contribution in [-0.2, 0) is 0 Å². The van der Waals surface area contributed by atoms with Gasteiger partial charge in [-0.05, 0) is 65.0 Å². The van der Waals surface area contributed by atoms with E-state index in [0.29, 0.717) is 0 Å². The average Bonchev–Trinajstić information content (AvgIpc) is 2.68. The highest BCUT2D eigenvalue weighted by atomic mass is 79.9. The van der Waals surface area contributed by atoms with Gasteiger partial charge in [0.25, 0.3) is 0 Å². The monoisotopic (exact) mass is 313 g/mol. The first-order chi connectivity index (χ1) is 8.08. The van der Waals surface area contributed by atoms with E-state index in [1.54, 1.807) is 17.4 Å². The van der Waals surface area contributed by atoms with Crippen molar-refractivity contribution in [1.82, 2.24) is 0 Å². The topological polar surface area (TPSA) is 12.0 Å². The van der Waals surface area contributed by atoms with E-state index in [1.165, 1.54) is 22.6 Å². The number of aryl methyl sites for hydroxylation is 1. The molecule has 0 aliphatic carbocycles. The molecule has 0 aliphatic heterocycles. The molecule has 0 saturated carbocycles. The Morgan fingerprint density at radius 2 is 2.12 bits per heavy atom. The lowest BCUT2D eigenvalue weighted by Crippen LogP contribution is -2.06. The van der Waals surface area contributed by atoms with Gasteiger partial charge in [-0.3, -0.25) is 0 Å². The van der Waals surface area contributed by atoms with Gasteiger partial charge in [-0.15, -0.1) is 11.3 Å². The Morgan fingerprint density at radius 3 is 2.71 bits per heavy atom. The van der Waals surface area contributed by atoms with Crippen molar-refractivity contribution in [3.05, 3.63) is 50.4 Å². The zero-order valence-electron chi connectivity index (χ0n) is 9.63. The maximum Gasteiger partial charge on any atom is 0.124 e. The van der Waals surface area contributed by atoms with Crippen molar-refractivity contribution in [3.8, 4) is 0 Å². The largest absolute Gasteiger partial charge is 0.377 e. The van der Waals surface area contributed by atoms with Crippen molar-refractivity contribution in [3.63, 3.8) is 0 Å². The molecule has 1 nitrogen and oxygen atoms in total. The summed E-state index contributed by atoms with van der Waals surface area (Å²) in [5.74, 6) is -0.234. The van der Waals surface area contributed by atoms with E-state index in [1.807, 2.05) is 0 Å². The minimum Gasteiger partial charge on any atom is -0.377 e. The van der Waals surface area contributed by atoms with Crippen LogP contribution in [0, 0.1) is 12.7 Å². The van der Waals surface area contributed by atoms with Crippen LogP contribution in [0.5, 0.6) is 0 Å². The van der Waals surface area contributed by atoms with Crippen LogP contribution in [0.25, 0.3) is 0 Å². The standard InChI is InChI=1S/C13H13BrFNS/c1-8-5-6-17-13(8)9(2)16-12-4-3-10(15)7-11(12)14/h3-7,9,16H,1-2H3. The Morgan fingerprint density at radius 1 is 1.35 bits per heavy atom. The van der Waals surface area contributed by atoms with Gasteiger partial charge < -0.3 is 5.32 Å². The van der Waals surface area contributed by atoms with E-state index in [0.717, 1.165) is 10.2 Å². The summed E-state index contributed by atoms with van der Waals surface area (Å²) in [5, 5.41) is 5.46. The lowest BCUT2D eigenvalue weighted by Gasteiger charge is -2.16. The van der Waals surface area contributed by atoms with Crippen LogP contribution in [0.3, 0.4) is 0 Å². The van der Waals surface area contributed by atoms with E-state index in [2.05, 4.69) is 46.5 Å². The summed E-state index contributed by atoms with van der Waals surface area (Å²) in [5.41, 5.74) is 2.19. The molecule has 0 fully saturated rings. The first-order valence-electron chi connectivity index (χ1n) is 5.33. The fraction of sp³-hybridized carbons (Fsp3) is 0.231. The van der Waals surface area contributed by atoms with Crippen molar-refractivity contribution in [2.24, 2.45) is 0 Å². The molecule has 17 heavy (non-hydrogen) atoms. The minimum atomic E-state index is -0.234. The predicted octanol–water partition coefficient (Wildman–Crippen LogP) is 5.13. The molecule has 2 rings (SSSR count). The van der Waals surface area contributed by atoms with Crippen LogP contribution in [0.15, 0.2) is 34.1 Å². The predicted molar refractivity (Wildman–Crippen MR) is 75.2 cm³/mol. The Bertz CT molecular complexity index is 524. The van der Waals surface area contributed by atoms with Gasteiger partial charge in [-0.25, -0.2) is 4.39 Å². The molecular weight excluding hydrogens is 301 g/mol. The minimum absolute atomic E-state index is 0.219. The molecule has 1 heterocycles. The van der Waals surface area contributed by atoms with Crippen LogP contribution < -0.4 is 5.32 Å². The fourth-order valence-electron chi connectivity index (χ4n) is 1.73. The van der Waals surface area contributed by atoms with Crippen molar-refractivity contribution >= 4 is 33.0 Å². The maximum atomic E-state index is 13.0. The molecule has 4 heteroatoms. The van der Waals surface area contributed by atoms with Crippen LogP contribution in [-0.4, -0.2) is 0 Å². The number of thiophene rings is 1. The second kappa shape index (κ2) is 5.19. The molecule has 0 saturated heterocycles. The van der Waals surface area contributed by atoms with Gasteiger partial charge in [-0.1, -0.05) is 0 Å². The smallest absolute Gasteiger partial charge is 0.124 e. The number of nitrogens with one attached hydrogen (secondary N) is 1. The third kappa shape index (κ3) is 2.87. The summed E-state index contributed by atoms with van der Waals surface area (Å²) in [6.45, 7) is 4.21. The Hall–Kier alpha value is -0.870. The van der Waals surface area contributed by atoms with Crippen molar-refractivity contribution in [2.45, 2.75) is 19.9 Å². The van der Waals surface area contributed by atoms with E-state index < -0.39 is 0 Å². The maximum absolute atomic E-state index is 13.0. The number of hydrogen-bond acceptors (Lipinski definition) is 2. The summed E-state index contributed by atoms with van der Waals surface area (Å²) in [6, 6.07) is 7.01. The number of halogens is 2. The summed E-state index contributed by atoms with van der Waals surface area (Å²) in [4.78, 5) is 1.31. The molecule has 1 atom stereocenters. The van der Waals surface area contributed by atoms with Gasteiger partial charge in [-0.2, -0.15) is 0 Å². The van der Waals surface area contributed by atoms with Gasteiger partial charge >= 0.3 is 0 Å². The van der Waals surface area contributed by atoms with Gasteiger partial charge in [0.05, 0.1) is 6.04 Å². The van der Waals surface area contributed by atoms with Crippen molar-refractivity contribution in [2.75, 3.05) is 5.32 Å². The SMILES string of the molecule is Cc1ccsc1C(C)Nc1ccc(F)cc1Br. The Labute approximate surface area is 113 Å². The lowest BCUT2D eigenvalue weighted by atomic mass is 10.2. The van der Waals surface area contributed by atoms with E-state index in [-0.39, 0.29) is 11.9 Å². The Balaban J connectivity index is 2.19. The Kier molecular flexibility index (Phi) is 3.84. The molecular formula is C13H13BrFNS. The molecule has 0 amide bonds. The zero-order valence-corrected chi connectivity index (χ0v) is 12.0. The highest BCUT2D eigenvalue weighted by molar-refractivity contribution is 9.10. The van der Waals surface area contributed by atoms with E-state index in [4.69, 9.17) is 0 Å². The zero-order chi connectivity index (χ0) is 12.4. The summed E-state index contributed by atoms with van der Waals surface area (Å²) in [7, 11) is 0. The van der Waals surface area contributed by atoms with Crippen LogP contribution in [0.4, 0.5) is 10.1 Å². The molecule has 0 radical (unpaired) electrons. The highest BCUT2D eigenvalue weighted by Crippen LogP contribution is 2.30. The van der Waals surface area contributed by atoms with Gasteiger partial charge in [0.15, 0.2) is 0 Å². The normalized spacial score (nSPS) is 12.5. The average molecular weight is 314 g/mol. The molecule has 0 spiro atoms. The highest BCUT2D eigenvalue weighted by Gasteiger charge is 2.11. The first-order valence-corrected chi connectivity index (χ1v) is 7.01. The molecule has 1 N–H and O–H groups in total. The quantitative estimate of drug-likeness (QED) is 0.828. The molecule has 1 aromatic carbocycles. The van der Waals surface area contributed by atoms with Crippen LogP contribution in [0.2, 0.25) is 0 Å². The molecule has 0 aliphatic rings. The van der Waals surface area contributed by atoms with Gasteiger partial charge in [0, 0.05) is 15.0 Å². The van der Waals surface area contributed by atoms with Crippen molar-refractivity contribution in [1.29, 1.82) is 0 Å². The van der Waals surface area contributed by atoms with E-state index >= 15 is 0 Å². The lowest BCUT2D eigenvalue weighted by molar-refractivity contribution is 0.627. The summed E-state index contributed by atoms with van der Waals surface area (Å²) < 4.78 is 13.7. The number of rotatable bonds is 3. The second-order valence-electron chi connectivity index (χ2n) is 3.96. The number of anilines is 1. The van der Waals surface area contributed by atoms with Crippen molar-refractivity contribution < 1.29 is 4.39 Å². The molecule has 0 bridgehead atoms. The first kappa shape index (κ1) is 12.6. The fourth-order valence-corrected chi connectivity index (χ4v) is 3.13. The summed E-state index contributed by atoms with van der Waals surface area (Å²) in [6.07, 6.45) is 0. The molecule has 2 aromatic rings. The molecule has 90 valence electrons. The third-order valence-corrected chi connectivity index (χ3v) is 4.46. The molecule has 1 unspecified atom stereocenters. The van der Waals surface area contributed by atoms with Gasteiger partial charge in [0.2, 0.25) is 0 Å². The van der Waals surface area contributed by atoms with Crippen LogP contribution in [0.1, 0.15) is 23.4 Å². The van der Waals surface area contributed by atoms with Crippen LogP contribution >= 0.6 is 27.3 Å². The molecule has 1 aromatic heterocycles. The van der Waals surface area contributed by atoms with Gasteiger partial charge in [0.1, 0.15) is 5.82 Å². The number of hydrogen-bond donors (Lipinski definition) is 1.